The summed E-state index contributed by atoms with van der Waals surface area (Å²) >= 11 is 1.48. The fraction of sp³-hybridized carbons (Fsp3) is 0.207. The number of rotatable bonds is 5. The fourth-order valence-corrected chi connectivity index (χ4v) is 8.21. The molecule has 2 aromatic carbocycles. The highest BCUT2D eigenvalue weighted by Gasteiger charge is 2.57. The van der Waals surface area contributed by atoms with Crippen LogP contribution in [0.15, 0.2) is 82.9 Å². The maximum absolute atomic E-state index is 13.9. The first kappa shape index (κ1) is 30.6. The Morgan fingerprint density at radius 1 is 0.911 bits per heavy atom. The van der Waals surface area contributed by atoms with Crippen LogP contribution in [0.25, 0.3) is 0 Å². The van der Waals surface area contributed by atoms with E-state index in [4.69, 9.17) is 0 Å². The number of aromatic nitrogens is 2. The molecular formula is C29H18F6N4O4S2. The largest absolute Gasteiger partial charge is 0.418 e. The summed E-state index contributed by atoms with van der Waals surface area (Å²) < 4.78 is 82.1. The third-order valence-corrected chi connectivity index (χ3v) is 9.92. The molecule has 16 heteroatoms. The number of nitrogens with zero attached hydrogens (tertiary/aromatic N) is 3. The van der Waals surface area contributed by atoms with Crippen LogP contribution in [-0.4, -0.2) is 32.5 Å². The number of thiazole rings is 1. The Balaban J connectivity index is 1.39. The normalized spacial score (nSPS) is 19.8. The Morgan fingerprint density at radius 3 is 2.36 bits per heavy atom. The number of pyridine rings is 1. The van der Waals surface area contributed by atoms with Crippen LogP contribution in [0.2, 0.25) is 0 Å². The van der Waals surface area contributed by atoms with Crippen molar-refractivity contribution in [3.63, 3.8) is 0 Å². The van der Waals surface area contributed by atoms with Crippen molar-refractivity contribution in [1.82, 2.24) is 9.55 Å². The first-order chi connectivity index (χ1) is 21.3. The van der Waals surface area contributed by atoms with Gasteiger partial charge in [0.05, 0.1) is 27.8 Å². The molecule has 2 aliphatic heterocycles. The summed E-state index contributed by atoms with van der Waals surface area (Å²) in [6, 6.07) is 11.3. The maximum atomic E-state index is 13.9. The van der Waals surface area contributed by atoms with Crippen LogP contribution in [0.5, 0.6) is 0 Å². The van der Waals surface area contributed by atoms with Crippen LogP contribution in [-0.2, 0) is 33.3 Å². The molecule has 4 heterocycles. The number of carbonyl (C=O) groups is 3. The van der Waals surface area contributed by atoms with E-state index in [1.165, 1.54) is 24.5 Å². The number of thioether (sulfide) groups is 1. The lowest BCUT2D eigenvalue weighted by atomic mass is 9.84. The monoisotopic (exact) mass is 664 g/mol. The molecule has 2 unspecified atom stereocenters. The molecule has 1 saturated heterocycles. The van der Waals surface area contributed by atoms with Crippen LogP contribution in [0.3, 0.4) is 0 Å². The lowest BCUT2D eigenvalue weighted by Crippen LogP contribution is -2.33. The van der Waals surface area contributed by atoms with E-state index in [2.05, 4.69) is 10.3 Å². The summed E-state index contributed by atoms with van der Waals surface area (Å²) in [5.41, 5.74) is -2.54. The second-order valence-corrected chi connectivity index (χ2v) is 12.2. The highest BCUT2D eigenvalue weighted by Crippen LogP contribution is 2.54. The molecule has 0 saturated carbocycles. The molecule has 0 aliphatic carbocycles. The molecule has 3 atom stereocenters. The molecule has 1 N–H and O–H groups in total. The second kappa shape index (κ2) is 11.2. The van der Waals surface area contributed by atoms with Crippen molar-refractivity contribution < 1.29 is 40.7 Å². The summed E-state index contributed by atoms with van der Waals surface area (Å²) in [4.78, 5) is 58.0. The number of carbonyl (C=O) groups excluding carboxylic acids is 3. The van der Waals surface area contributed by atoms with Gasteiger partial charge in [-0.05, 0) is 42.0 Å². The summed E-state index contributed by atoms with van der Waals surface area (Å²) in [5.74, 6) is -4.82. The van der Waals surface area contributed by atoms with Gasteiger partial charge in [-0.2, -0.15) is 26.3 Å². The number of hydrogen-bond donors (Lipinski definition) is 1. The number of nitrogens with one attached hydrogen (secondary N) is 1. The van der Waals surface area contributed by atoms with Gasteiger partial charge < -0.3 is 5.32 Å². The van der Waals surface area contributed by atoms with Gasteiger partial charge in [0.15, 0.2) is 0 Å². The van der Waals surface area contributed by atoms with Gasteiger partial charge in [0.1, 0.15) is 11.8 Å². The van der Waals surface area contributed by atoms with Gasteiger partial charge in [-0.3, -0.25) is 28.7 Å². The van der Waals surface area contributed by atoms with Crippen molar-refractivity contribution in [3.05, 3.63) is 104 Å². The number of amides is 3. The maximum Gasteiger partial charge on any atom is 0.418 e. The third-order valence-electron chi connectivity index (χ3n) is 7.32. The fourth-order valence-electron chi connectivity index (χ4n) is 5.44. The number of benzene rings is 2. The number of imide groups is 1. The Bertz CT molecular complexity index is 1890. The van der Waals surface area contributed by atoms with E-state index >= 15 is 0 Å². The Morgan fingerprint density at radius 2 is 1.67 bits per heavy atom. The number of halogens is 6. The Kier molecular flexibility index (Phi) is 7.59. The van der Waals surface area contributed by atoms with Crippen LogP contribution in [0.1, 0.15) is 27.5 Å². The SMILES string of the molecule is O=C(Cn1c2c(sc1=O)[C@H](c1cccnc1)C1C(=O)N(c3ccccc3C(F)(F)F)C(=O)C1S2)Nc1cccc(C(F)(F)F)c1. The molecule has 2 aliphatic rings. The summed E-state index contributed by atoms with van der Waals surface area (Å²) in [6.45, 7) is -0.645. The van der Waals surface area contributed by atoms with E-state index in [-0.39, 0.29) is 10.7 Å². The summed E-state index contributed by atoms with van der Waals surface area (Å²) in [6.07, 6.45) is -6.65. The minimum absolute atomic E-state index is 0.145. The van der Waals surface area contributed by atoms with Crippen molar-refractivity contribution in [2.24, 2.45) is 5.92 Å². The number of para-hydroxylation sites is 1. The number of alkyl halides is 6. The number of hydrogen-bond acceptors (Lipinski definition) is 7. The van der Waals surface area contributed by atoms with Crippen molar-refractivity contribution in [1.29, 1.82) is 0 Å². The van der Waals surface area contributed by atoms with Crippen molar-refractivity contribution in [3.8, 4) is 0 Å². The Labute approximate surface area is 257 Å². The molecule has 1 fully saturated rings. The van der Waals surface area contributed by atoms with Gasteiger partial charge in [0, 0.05) is 28.9 Å². The molecule has 232 valence electrons. The van der Waals surface area contributed by atoms with Crippen molar-refractivity contribution in [2.45, 2.75) is 35.1 Å². The number of anilines is 2. The number of fused-ring (bicyclic) bond motifs is 2. The third kappa shape index (κ3) is 5.52. The van der Waals surface area contributed by atoms with E-state index in [1.54, 1.807) is 12.1 Å². The lowest BCUT2D eigenvalue weighted by Gasteiger charge is -2.30. The minimum Gasteiger partial charge on any atom is -0.325 e. The van der Waals surface area contributed by atoms with Gasteiger partial charge >= 0.3 is 17.2 Å². The van der Waals surface area contributed by atoms with E-state index in [1.807, 2.05) is 0 Å². The molecule has 45 heavy (non-hydrogen) atoms. The molecule has 8 nitrogen and oxygen atoms in total. The van der Waals surface area contributed by atoms with E-state index in [0.717, 1.165) is 52.7 Å². The van der Waals surface area contributed by atoms with Gasteiger partial charge in [-0.15, -0.1) is 0 Å². The van der Waals surface area contributed by atoms with Gasteiger partial charge in [0.2, 0.25) is 17.7 Å². The quantitative estimate of drug-likeness (QED) is 0.215. The van der Waals surface area contributed by atoms with Crippen LogP contribution < -0.4 is 15.1 Å². The average molecular weight is 665 g/mol. The van der Waals surface area contributed by atoms with E-state index in [9.17, 15) is 45.5 Å². The van der Waals surface area contributed by atoms with Gasteiger partial charge in [0.25, 0.3) is 0 Å². The zero-order chi connectivity index (χ0) is 32.3. The smallest absolute Gasteiger partial charge is 0.325 e. The molecule has 0 radical (unpaired) electrons. The molecule has 0 spiro atoms. The average Bonchev–Trinajstić information content (AvgIpc) is 3.42. The predicted octanol–water partition coefficient (Wildman–Crippen LogP) is 5.78. The molecule has 2 aromatic heterocycles. The van der Waals surface area contributed by atoms with Crippen molar-refractivity contribution in [2.75, 3.05) is 10.2 Å². The highest BCUT2D eigenvalue weighted by atomic mass is 32.2. The molecule has 4 aromatic rings. The topological polar surface area (TPSA) is 101 Å². The van der Waals surface area contributed by atoms with Crippen LogP contribution >= 0.6 is 23.1 Å². The molecule has 3 amide bonds. The first-order valence-corrected chi connectivity index (χ1v) is 14.8. The van der Waals surface area contributed by atoms with E-state index in [0.29, 0.717) is 26.7 Å². The predicted molar refractivity (Wildman–Crippen MR) is 152 cm³/mol. The first-order valence-electron chi connectivity index (χ1n) is 13.1. The summed E-state index contributed by atoms with van der Waals surface area (Å²) in [7, 11) is 0. The highest BCUT2D eigenvalue weighted by molar-refractivity contribution is 8.00. The van der Waals surface area contributed by atoms with Gasteiger partial charge in [-0.25, -0.2) is 4.90 Å². The molecule has 6 rings (SSSR count). The standard InChI is InChI=1S/C29H18F6N4O4S2/c30-28(31,32)15-6-3-7-16(11-15)37-19(40)13-38-26-23(45-27(38)43)20(14-5-4-10-36-12-14)21-22(44-26)25(42)39(24(21)41)18-9-2-1-8-17(18)29(33,34)35/h1-12,20-22H,13H2,(H,37,40)/t20-,21?,22?/m1/s1. The van der Waals surface area contributed by atoms with Crippen LogP contribution in [0.4, 0.5) is 37.7 Å². The molecule has 0 bridgehead atoms. The second-order valence-electron chi connectivity index (χ2n) is 10.1. The van der Waals surface area contributed by atoms with Gasteiger partial charge in [-0.1, -0.05) is 47.4 Å². The zero-order valence-electron chi connectivity index (χ0n) is 22.4. The summed E-state index contributed by atoms with van der Waals surface area (Å²) in [5, 5.41) is 1.22. The van der Waals surface area contributed by atoms with Crippen LogP contribution in [0, 0.1) is 5.92 Å². The zero-order valence-corrected chi connectivity index (χ0v) is 24.1. The van der Waals surface area contributed by atoms with Crippen molar-refractivity contribution >= 4 is 52.2 Å². The lowest BCUT2D eigenvalue weighted by molar-refractivity contribution is -0.138. The Hall–Kier alpha value is -4.44. The molecular weight excluding hydrogens is 646 g/mol. The minimum atomic E-state index is -4.87. The van der Waals surface area contributed by atoms with E-state index < -0.39 is 75.4 Å².